The molecule has 1 aromatic heterocycles. The summed E-state index contributed by atoms with van der Waals surface area (Å²) in [6.07, 6.45) is 0.465. The molecule has 3 rings (SSSR count). The average molecular weight is 463 g/mol. The van der Waals surface area contributed by atoms with Gasteiger partial charge in [-0.3, -0.25) is 18.7 Å². The van der Waals surface area contributed by atoms with Crippen LogP contribution in [0.4, 0.5) is 5.69 Å². The summed E-state index contributed by atoms with van der Waals surface area (Å²) in [5.41, 5.74) is 0.311. The van der Waals surface area contributed by atoms with E-state index in [4.69, 9.17) is 16.9 Å². The van der Waals surface area contributed by atoms with E-state index in [1.54, 1.807) is 36.4 Å². The molecule has 1 heterocycles. The van der Waals surface area contributed by atoms with Gasteiger partial charge in [0.2, 0.25) is 5.91 Å². The highest BCUT2D eigenvalue weighted by atomic mass is 35.5. The van der Waals surface area contributed by atoms with Crippen LogP contribution in [0.5, 0.6) is 5.75 Å². The second kappa shape index (κ2) is 10.4. The topological polar surface area (TPSA) is 117 Å². The summed E-state index contributed by atoms with van der Waals surface area (Å²) in [7, 11) is 1.28. The lowest BCUT2D eigenvalue weighted by atomic mass is 10.1. The molecule has 0 fully saturated rings. The standard InChI is InChI=1S/C24H19ClN4O4/c1-28-23(32)21(27-20(31)12-11-16-7-9-18(15-26)10-8-16)22(25)29(24(28)33)13-3-5-17-4-2-6-19(30)14-17/h2,4,6-10,14,30H,11-13H2,1H3,(H,27,31). The maximum Gasteiger partial charge on any atom is 0.332 e. The van der Waals surface area contributed by atoms with E-state index in [9.17, 15) is 19.5 Å². The van der Waals surface area contributed by atoms with Crippen molar-refractivity contribution >= 4 is 23.2 Å². The number of halogens is 1. The van der Waals surface area contributed by atoms with E-state index in [0.717, 1.165) is 14.7 Å². The number of anilines is 1. The van der Waals surface area contributed by atoms with Crippen LogP contribution in [0.25, 0.3) is 0 Å². The van der Waals surface area contributed by atoms with Crippen LogP contribution in [0.15, 0.2) is 58.1 Å². The van der Waals surface area contributed by atoms with Gasteiger partial charge in [0.15, 0.2) is 0 Å². The Morgan fingerprint density at radius 2 is 1.88 bits per heavy atom. The number of aromatic nitrogens is 2. The molecule has 0 aliphatic heterocycles. The SMILES string of the molecule is Cn1c(=O)c(NC(=O)CCc2ccc(C#N)cc2)c(Cl)n(CC#Cc2cccc(O)c2)c1=O. The van der Waals surface area contributed by atoms with Crippen LogP contribution in [-0.4, -0.2) is 20.1 Å². The van der Waals surface area contributed by atoms with Crippen LogP contribution >= 0.6 is 11.6 Å². The number of phenols is 1. The number of nitriles is 1. The Hall–Kier alpha value is -4.27. The fourth-order valence-corrected chi connectivity index (χ4v) is 3.26. The number of nitrogens with one attached hydrogen (secondary N) is 1. The fourth-order valence-electron chi connectivity index (χ4n) is 2.99. The first-order valence-electron chi connectivity index (χ1n) is 9.86. The van der Waals surface area contributed by atoms with E-state index < -0.39 is 17.2 Å². The van der Waals surface area contributed by atoms with Gasteiger partial charge in [0.05, 0.1) is 18.2 Å². The predicted molar refractivity (Wildman–Crippen MR) is 124 cm³/mol. The lowest BCUT2D eigenvalue weighted by Crippen LogP contribution is -2.40. The number of carbonyl (C=O) groups excluding carboxylic acids is 1. The third kappa shape index (κ3) is 5.70. The molecule has 0 saturated carbocycles. The molecule has 166 valence electrons. The van der Waals surface area contributed by atoms with Crippen LogP contribution in [0.1, 0.15) is 23.1 Å². The first kappa shape index (κ1) is 23.4. The lowest BCUT2D eigenvalue weighted by Gasteiger charge is -2.13. The highest BCUT2D eigenvalue weighted by Crippen LogP contribution is 2.16. The molecule has 33 heavy (non-hydrogen) atoms. The maximum atomic E-state index is 12.5. The van der Waals surface area contributed by atoms with Gasteiger partial charge in [-0.1, -0.05) is 41.6 Å². The van der Waals surface area contributed by atoms with Crippen molar-refractivity contribution in [1.29, 1.82) is 5.26 Å². The van der Waals surface area contributed by atoms with Gasteiger partial charge in [-0.15, -0.1) is 0 Å². The molecule has 2 N–H and O–H groups in total. The number of phenolic OH excluding ortho intramolecular Hbond substituents is 1. The maximum absolute atomic E-state index is 12.5. The smallest absolute Gasteiger partial charge is 0.332 e. The number of rotatable bonds is 5. The number of nitrogens with zero attached hydrogens (tertiary/aromatic N) is 3. The molecule has 0 aliphatic carbocycles. The zero-order valence-corrected chi connectivity index (χ0v) is 18.4. The van der Waals surface area contributed by atoms with Gasteiger partial charge < -0.3 is 10.4 Å². The molecule has 3 aromatic rings. The monoisotopic (exact) mass is 462 g/mol. The molecule has 0 spiro atoms. The number of hydrogen-bond acceptors (Lipinski definition) is 5. The first-order valence-corrected chi connectivity index (χ1v) is 10.2. The second-order valence-electron chi connectivity index (χ2n) is 7.11. The largest absolute Gasteiger partial charge is 0.508 e. The number of amides is 1. The quantitative estimate of drug-likeness (QED) is 0.446. The van der Waals surface area contributed by atoms with Crippen molar-refractivity contribution in [1.82, 2.24) is 9.13 Å². The zero-order valence-electron chi connectivity index (χ0n) is 17.6. The normalized spacial score (nSPS) is 10.1. The van der Waals surface area contributed by atoms with Gasteiger partial charge in [-0.25, -0.2) is 4.79 Å². The Labute approximate surface area is 194 Å². The van der Waals surface area contributed by atoms with Crippen molar-refractivity contribution in [2.45, 2.75) is 19.4 Å². The van der Waals surface area contributed by atoms with Gasteiger partial charge in [-0.2, -0.15) is 5.26 Å². The third-order valence-corrected chi connectivity index (χ3v) is 5.18. The molecular formula is C24H19ClN4O4. The number of aromatic hydroxyl groups is 1. The molecule has 0 atom stereocenters. The second-order valence-corrected chi connectivity index (χ2v) is 7.47. The molecule has 0 aliphatic rings. The summed E-state index contributed by atoms with van der Waals surface area (Å²) in [6, 6.07) is 15.2. The summed E-state index contributed by atoms with van der Waals surface area (Å²) in [5.74, 6) is 5.19. The van der Waals surface area contributed by atoms with E-state index in [1.165, 1.54) is 19.2 Å². The van der Waals surface area contributed by atoms with Crippen molar-refractivity contribution in [2.24, 2.45) is 7.05 Å². The molecule has 0 unspecified atom stereocenters. The van der Waals surface area contributed by atoms with Crippen LogP contribution < -0.4 is 16.6 Å². The Balaban J connectivity index is 1.78. The van der Waals surface area contributed by atoms with Gasteiger partial charge in [0.1, 0.15) is 16.6 Å². The minimum Gasteiger partial charge on any atom is -0.508 e. The van der Waals surface area contributed by atoms with Crippen molar-refractivity contribution in [3.8, 4) is 23.7 Å². The molecule has 0 radical (unpaired) electrons. The highest BCUT2D eigenvalue weighted by Gasteiger charge is 2.17. The fraction of sp³-hybridized carbons (Fsp3) is 0.167. The average Bonchev–Trinajstić information content (AvgIpc) is 2.81. The van der Waals surface area contributed by atoms with Gasteiger partial charge in [0.25, 0.3) is 5.56 Å². The minimum absolute atomic E-state index is 0.0603. The highest BCUT2D eigenvalue weighted by molar-refractivity contribution is 6.32. The van der Waals surface area contributed by atoms with Gasteiger partial charge >= 0.3 is 5.69 Å². The van der Waals surface area contributed by atoms with Gasteiger partial charge in [-0.05, 0) is 42.3 Å². The summed E-state index contributed by atoms with van der Waals surface area (Å²) in [4.78, 5) is 37.5. The first-order chi connectivity index (χ1) is 15.8. The third-order valence-electron chi connectivity index (χ3n) is 4.78. The van der Waals surface area contributed by atoms with Crippen LogP contribution in [-0.2, 0) is 24.8 Å². The Kier molecular flexibility index (Phi) is 7.34. The van der Waals surface area contributed by atoms with Crippen molar-refractivity contribution < 1.29 is 9.90 Å². The zero-order chi connectivity index (χ0) is 24.0. The van der Waals surface area contributed by atoms with E-state index in [1.807, 2.05) is 6.07 Å². The summed E-state index contributed by atoms with van der Waals surface area (Å²) in [6.45, 7) is -0.129. The minimum atomic E-state index is -0.728. The Morgan fingerprint density at radius 1 is 1.15 bits per heavy atom. The Bertz CT molecular complexity index is 1420. The molecule has 0 saturated heterocycles. The molecular weight excluding hydrogens is 444 g/mol. The van der Waals surface area contributed by atoms with Crippen molar-refractivity contribution in [3.63, 3.8) is 0 Å². The van der Waals surface area contributed by atoms with Crippen molar-refractivity contribution in [3.05, 3.63) is 91.2 Å². The summed E-state index contributed by atoms with van der Waals surface area (Å²) < 4.78 is 1.92. The van der Waals surface area contributed by atoms with E-state index >= 15 is 0 Å². The number of hydrogen-bond donors (Lipinski definition) is 2. The number of carbonyl (C=O) groups is 1. The van der Waals surface area contributed by atoms with Crippen LogP contribution in [0.3, 0.4) is 0 Å². The Morgan fingerprint density at radius 3 is 2.55 bits per heavy atom. The summed E-state index contributed by atoms with van der Waals surface area (Å²) in [5, 5.41) is 20.6. The molecule has 1 amide bonds. The van der Waals surface area contributed by atoms with E-state index in [0.29, 0.717) is 17.5 Å². The number of aryl methyl sites for hydroxylation is 1. The predicted octanol–water partition coefficient (Wildman–Crippen LogP) is 2.40. The van der Waals surface area contributed by atoms with Crippen LogP contribution in [0.2, 0.25) is 5.15 Å². The van der Waals surface area contributed by atoms with E-state index in [-0.39, 0.29) is 29.6 Å². The van der Waals surface area contributed by atoms with Gasteiger partial charge in [0, 0.05) is 19.0 Å². The van der Waals surface area contributed by atoms with Crippen molar-refractivity contribution in [2.75, 3.05) is 5.32 Å². The number of benzene rings is 2. The molecule has 2 aromatic carbocycles. The molecule has 9 heteroatoms. The molecule has 0 bridgehead atoms. The summed E-state index contributed by atoms with van der Waals surface area (Å²) >= 11 is 6.29. The van der Waals surface area contributed by atoms with Crippen LogP contribution in [0, 0.1) is 23.2 Å². The lowest BCUT2D eigenvalue weighted by molar-refractivity contribution is -0.116. The molecule has 8 nitrogen and oxygen atoms in total. The van der Waals surface area contributed by atoms with E-state index in [2.05, 4.69) is 17.2 Å².